The summed E-state index contributed by atoms with van der Waals surface area (Å²) < 4.78 is 10.0. The summed E-state index contributed by atoms with van der Waals surface area (Å²) in [4.78, 5) is 0. The minimum absolute atomic E-state index is 0. The molecule has 0 saturated heterocycles. The molecule has 0 aromatic heterocycles. The maximum Gasteiger partial charge on any atom is 1.00 e. The summed E-state index contributed by atoms with van der Waals surface area (Å²) in [6.45, 7) is 7.45. The maximum absolute atomic E-state index is 5.28. The smallest absolute Gasteiger partial charge is 0.502 e. The first-order chi connectivity index (χ1) is 5.35. The van der Waals surface area contributed by atoms with Gasteiger partial charge < -0.3 is 15.5 Å². The minimum atomic E-state index is 0. The Balaban J connectivity index is 0. The molecule has 1 unspecified atom stereocenters. The summed E-state index contributed by atoms with van der Waals surface area (Å²) in [6, 6.07) is 0. The van der Waals surface area contributed by atoms with E-state index < -0.39 is 0 Å². The molecule has 0 fully saturated rings. The van der Waals surface area contributed by atoms with Crippen LogP contribution in [0.1, 0.15) is 12.8 Å². The van der Waals surface area contributed by atoms with Crippen molar-refractivity contribution in [3.63, 3.8) is 0 Å². The second kappa shape index (κ2) is 11.0. The molecule has 0 aliphatic rings. The molecule has 2 nitrogen and oxygen atoms in total. The Kier molecular flexibility index (Phi) is 13.3. The molecule has 1 atom stereocenters. The summed E-state index contributed by atoms with van der Waals surface area (Å²) in [7, 11) is 1.60. The summed E-state index contributed by atoms with van der Waals surface area (Å²) in [6.07, 6.45) is 6.25. The maximum atomic E-state index is 5.28. The van der Waals surface area contributed by atoms with Crippen LogP contribution in [0.15, 0.2) is 19.2 Å². The number of hydrogen-bond acceptors (Lipinski definition) is 2. The fourth-order valence-electron chi connectivity index (χ4n) is 0.721. The van der Waals surface area contributed by atoms with Gasteiger partial charge in [0.25, 0.3) is 0 Å². The van der Waals surface area contributed by atoms with Gasteiger partial charge in [-0.3, -0.25) is 6.58 Å². The first-order valence-electron chi connectivity index (χ1n) is 3.56. The molecule has 0 aromatic carbocycles. The van der Waals surface area contributed by atoms with Crippen LogP contribution < -0.4 is 18.9 Å². The van der Waals surface area contributed by atoms with Crippen LogP contribution in [-0.2, 0) is 9.47 Å². The fraction of sp³-hybridized carbons (Fsp3) is 0.556. The third-order valence-corrected chi connectivity index (χ3v) is 1.22. The molecule has 0 heterocycles. The van der Waals surface area contributed by atoms with Gasteiger partial charge in [-0.1, -0.05) is 6.08 Å². The predicted octanol–water partition coefficient (Wildman–Crippen LogP) is -1.07. The van der Waals surface area contributed by atoms with E-state index in [1.165, 1.54) is 0 Å². The monoisotopic (exact) mass is 162 g/mol. The topological polar surface area (TPSA) is 18.5 Å². The first-order valence-corrected chi connectivity index (χ1v) is 3.56. The van der Waals surface area contributed by atoms with Crippen molar-refractivity contribution in [2.45, 2.75) is 18.9 Å². The Morgan fingerprint density at radius 1 is 1.58 bits per heavy atom. The van der Waals surface area contributed by atoms with Gasteiger partial charge in [0.15, 0.2) is 0 Å². The summed E-state index contributed by atoms with van der Waals surface area (Å²) in [5, 5.41) is 0. The van der Waals surface area contributed by atoms with Gasteiger partial charge in [0.2, 0.25) is 0 Å². The Morgan fingerprint density at radius 3 is 2.67 bits per heavy atom. The standard InChI is InChI=1S/C9H15O2.Li/c1-4-6-9(7-5-2)11-8-10-3;/h4,9H,1-2,6-8H2,3H3;/q-1;+1. The Bertz CT molecular complexity index is 105. The van der Waals surface area contributed by atoms with Crippen LogP contribution >= 0.6 is 0 Å². The van der Waals surface area contributed by atoms with E-state index >= 15 is 0 Å². The summed E-state index contributed by atoms with van der Waals surface area (Å²) >= 11 is 0. The average molecular weight is 162 g/mol. The molecule has 0 amide bonds. The van der Waals surface area contributed by atoms with E-state index in [9.17, 15) is 0 Å². The molecule has 3 heteroatoms. The molecule has 0 bridgehead atoms. The average Bonchev–Trinajstić information content (AvgIpc) is 2.01. The van der Waals surface area contributed by atoms with Crippen molar-refractivity contribution in [1.82, 2.24) is 0 Å². The van der Waals surface area contributed by atoms with Crippen molar-refractivity contribution >= 4 is 0 Å². The van der Waals surface area contributed by atoms with Gasteiger partial charge in [-0.15, -0.1) is 6.58 Å². The van der Waals surface area contributed by atoms with E-state index in [2.05, 4.69) is 19.2 Å². The zero-order valence-corrected chi connectivity index (χ0v) is 8.01. The number of ether oxygens (including phenoxy) is 2. The molecule has 0 aliphatic heterocycles. The van der Waals surface area contributed by atoms with E-state index in [0.29, 0.717) is 6.79 Å². The molecule has 0 saturated carbocycles. The molecular formula is C9H15LiO2. The van der Waals surface area contributed by atoms with E-state index in [4.69, 9.17) is 9.47 Å². The van der Waals surface area contributed by atoms with E-state index in [0.717, 1.165) is 12.8 Å². The van der Waals surface area contributed by atoms with Gasteiger partial charge in [0.1, 0.15) is 6.79 Å². The molecule has 0 radical (unpaired) electrons. The van der Waals surface area contributed by atoms with Crippen molar-refractivity contribution in [3.05, 3.63) is 25.3 Å². The van der Waals surface area contributed by atoms with E-state index in [1.54, 1.807) is 7.11 Å². The zero-order chi connectivity index (χ0) is 8.53. The van der Waals surface area contributed by atoms with Crippen LogP contribution in [0.2, 0.25) is 0 Å². The third-order valence-electron chi connectivity index (χ3n) is 1.22. The minimum Gasteiger partial charge on any atom is -0.502 e. The van der Waals surface area contributed by atoms with Crippen molar-refractivity contribution in [3.8, 4) is 0 Å². The van der Waals surface area contributed by atoms with Gasteiger partial charge in [-0.25, -0.2) is 0 Å². The Hall–Kier alpha value is -0.00260. The van der Waals surface area contributed by atoms with Crippen LogP contribution in [0.3, 0.4) is 0 Å². The summed E-state index contributed by atoms with van der Waals surface area (Å²) in [5.74, 6) is 0. The first kappa shape index (κ1) is 14.5. The number of methoxy groups -OCH3 is 1. The molecule has 0 N–H and O–H groups in total. The van der Waals surface area contributed by atoms with Crippen molar-refractivity contribution < 1.29 is 28.3 Å². The van der Waals surface area contributed by atoms with Crippen molar-refractivity contribution in [2.75, 3.05) is 13.9 Å². The molecule has 0 aromatic rings. The van der Waals surface area contributed by atoms with Gasteiger partial charge in [0, 0.05) is 13.2 Å². The molecule has 0 rings (SSSR count). The zero-order valence-electron chi connectivity index (χ0n) is 8.01. The van der Waals surface area contributed by atoms with Gasteiger partial charge in [-0.2, -0.15) is 6.42 Å². The van der Waals surface area contributed by atoms with Gasteiger partial charge in [0.05, 0.1) is 0 Å². The Labute approximate surface area is 86.8 Å². The molecule has 12 heavy (non-hydrogen) atoms. The van der Waals surface area contributed by atoms with Crippen molar-refractivity contribution in [1.29, 1.82) is 0 Å². The van der Waals surface area contributed by atoms with Crippen LogP contribution in [-0.4, -0.2) is 20.0 Å². The quantitative estimate of drug-likeness (QED) is 0.205. The van der Waals surface area contributed by atoms with Gasteiger partial charge in [-0.05, 0) is 6.42 Å². The molecule has 0 spiro atoms. The molecular weight excluding hydrogens is 147 g/mol. The fourth-order valence-corrected chi connectivity index (χ4v) is 0.721. The second-order valence-corrected chi connectivity index (χ2v) is 2.17. The SMILES string of the molecule is C=[C-]CC(CC=C)OCOC.[Li+]. The second-order valence-electron chi connectivity index (χ2n) is 2.17. The van der Waals surface area contributed by atoms with E-state index in [1.807, 2.05) is 6.08 Å². The van der Waals surface area contributed by atoms with Crippen LogP contribution in [0.25, 0.3) is 0 Å². The van der Waals surface area contributed by atoms with Crippen LogP contribution in [0.5, 0.6) is 0 Å². The summed E-state index contributed by atoms with van der Waals surface area (Å²) in [5.41, 5.74) is 0. The van der Waals surface area contributed by atoms with E-state index in [-0.39, 0.29) is 25.0 Å². The predicted molar refractivity (Wildman–Crippen MR) is 45.1 cm³/mol. The largest absolute Gasteiger partial charge is 1.00 e. The van der Waals surface area contributed by atoms with Gasteiger partial charge >= 0.3 is 18.9 Å². The third kappa shape index (κ3) is 8.10. The number of rotatable bonds is 7. The van der Waals surface area contributed by atoms with Crippen molar-refractivity contribution in [2.24, 2.45) is 0 Å². The Morgan fingerprint density at radius 2 is 2.25 bits per heavy atom. The number of hydrogen-bond donors (Lipinski definition) is 0. The normalized spacial score (nSPS) is 11.4. The van der Waals surface area contributed by atoms with Crippen LogP contribution in [0.4, 0.5) is 0 Å². The van der Waals surface area contributed by atoms with Crippen LogP contribution in [0, 0.1) is 6.08 Å². The molecule has 64 valence electrons. The molecule has 0 aliphatic carbocycles.